The van der Waals surface area contributed by atoms with E-state index in [2.05, 4.69) is 72.8 Å². The van der Waals surface area contributed by atoms with E-state index < -0.39 is 6.10 Å². The Morgan fingerprint density at radius 2 is 1.38 bits per heavy atom. The minimum Gasteiger partial charge on any atom is -0.490 e. The van der Waals surface area contributed by atoms with Crippen LogP contribution in [0.25, 0.3) is 21.9 Å². The summed E-state index contributed by atoms with van der Waals surface area (Å²) in [5, 5.41) is 13.5. The highest BCUT2D eigenvalue weighted by Crippen LogP contribution is 2.47. The predicted octanol–water partition coefficient (Wildman–Crippen LogP) is 5.46. The van der Waals surface area contributed by atoms with Crippen molar-refractivity contribution in [1.82, 2.24) is 0 Å². The second-order valence-corrected chi connectivity index (χ2v) is 7.77. The van der Waals surface area contributed by atoms with Crippen LogP contribution in [0.2, 0.25) is 0 Å². The molecule has 0 aromatic heterocycles. The van der Waals surface area contributed by atoms with Crippen molar-refractivity contribution >= 4 is 21.9 Å². The standard InChI is InChI=1S/C27H20O2/c28-23-16-29-24-14-13-17-7-1-4-10-20(17)26(24)27(23)25-21-11-5-2-8-18(21)15-19-9-3-6-12-22(19)25/h1-14,23,28H,15-16H2. The van der Waals surface area contributed by atoms with Gasteiger partial charge in [0.2, 0.25) is 0 Å². The van der Waals surface area contributed by atoms with E-state index in [4.69, 9.17) is 4.74 Å². The minimum absolute atomic E-state index is 0.272. The van der Waals surface area contributed by atoms with Crippen LogP contribution >= 0.6 is 0 Å². The average molecular weight is 376 g/mol. The Morgan fingerprint density at radius 1 is 0.724 bits per heavy atom. The summed E-state index contributed by atoms with van der Waals surface area (Å²) in [6.07, 6.45) is 0.237. The number of benzene rings is 4. The van der Waals surface area contributed by atoms with Crippen LogP contribution in [0.4, 0.5) is 0 Å². The molecule has 2 nitrogen and oxygen atoms in total. The van der Waals surface area contributed by atoms with Crippen LogP contribution in [0.3, 0.4) is 0 Å². The Morgan fingerprint density at radius 3 is 2.14 bits per heavy atom. The Kier molecular flexibility index (Phi) is 3.62. The average Bonchev–Trinajstić information content (AvgIpc) is 2.78. The summed E-state index contributed by atoms with van der Waals surface area (Å²) in [5.41, 5.74) is 8.15. The smallest absolute Gasteiger partial charge is 0.127 e. The molecule has 1 atom stereocenters. The van der Waals surface area contributed by atoms with E-state index >= 15 is 0 Å². The number of hydrogen-bond acceptors (Lipinski definition) is 2. The number of rotatable bonds is 0. The minimum atomic E-state index is -0.678. The third-order valence-corrected chi connectivity index (χ3v) is 6.11. The van der Waals surface area contributed by atoms with Crippen molar-refractivity contribution in [3.05, 3.63) is 113 Å². The third kappa shape index (κ3) is 2.46. The van der Waals surface area contributed by atoms with Gasteiger partial charge in [-0.1, -0.05) is 78.9 Å². The molecule has 29 heavy (non-hydrogen) atoms. The van der Waals surface area contributed by atoms with Crippen molar-refractivity contribution < 1.29 is 9.84 Å². The fraction of sp³-hybridized carbons (Fsp3) is 0.111. The van der Waals surface area contributed by atoms with E-state index in [0.29, 0.717) is 0 Å². The molecule has 0 saturated heterocycles. The van der Waals surface area contributed by atoms with Crippen molar-refractivity contribution in [3.8, 4) is 5.75 Å². The van der Waals surface area contributed by atoms with Crippen molar-refractivity contribution in [2.45, 2.75) is 12.5 Å². The highest BCUT2D eigenvalue weighted by molar-refractivity contribution is 6.09. The summed E-state index contributed by atoms with van der Waals surface area (Å²) in [6.45, 7) is 0.272. The number of aliphatic hydroxyl groups excluding tert-OH is 1. The van der Waals surface area contributed by atoms with E-state index in [-0.39, 0.29) is 6.61 Å². The molecule has 1 aliphatic heterocycles. The van der Waals surface area contributed by atoms with Crippen molar-refractivity contribution in [3.63, 3.8) is 0 Å². The number of ether oxygens (including phenoxy) is 1. The summed E-state index contributed by atoms with van der Waals surface area (Å²) in [5.74, 6) is 0.844. The molecule has 2 aliphatic rings. The quantitative estimate of drug-likeness (QED) is 0.389. The van der Waals surface area contributed by atoms with Gasteiger partial charge in [-0.05, 0) is 51.1 Å². The van der Waals surface area contributed by atoms with Gasteiger partial charge in [-0.3, -0.25) is 0 Å². The Labute approximate surface area is 169 Å². The van der Waals surface area contributed by atoms with Gasteiger partial charge in [-0.15, -0.1) is 0 Å². The van der Waals surface area contributed by atoms with Crippen LogP contribution in [0.15, 0.2) is 84.9 Å². The van der Waals surface area contributed by atoms with Crippen molar-refractivity contribution in [2.75, 3.05) is 6.61 Å². The molecule has 1 heterocycles. The first-order valence-corrected chi connectivity index (χ1v) is 10.0. The maximum absolute atomic E-state index is 11.2. The van der Waals surface area contributed by atoms with Crippen molar-refractivity contribution in [1.29, 1.82) is 0 Å². The number of hydrogen-bond donors (Lipinski definition) is 1. The molecule has 1 N–H and O–H groups in total. The fourth-order valence-electron chi connectivity index (χ4n) is 4.84. The van der Waals surface area contributed by atoms with Gasteiger partial charge in [-0.25, -0.2) is 0 Å². The zero-order valence-electron chi connectivity index (χ0n) is 15.9. The lowest BCUT2D eigenvalue weighted by molar-refractivity contribution is 0.143. The second-order valence-electron chi connectivity index (χ2n) is 7.77. The Balaban J connectivity index is 1.78. The van der Waals surface area contributed by atoms with Gasteiger partial charge in [0.1, 0.15) is 18.5 Å². The number of fused-ring (bicyclic) bond motifs is 5. The summed E-state index contributed by atoms with van der Waals surface area (Å²) in [6, 6.07) is 29.6. The number of aliphatic hydroxyl groups is 1. The SMILES string of the molecule is OC1COc2ccc3ccccc3c2C1=C1c2ccccc2Cc2ccccc21. The van der Waals surface area contributed by atoms with E-state index in [1.54, 1.807) is 0 Å². The monoisotopic (exact) mass is 376 g/mol. The zero-order valence-corrected chi connectivity index (χ0v) is 15.9. The largest absolute Gasteiger partial charge is 0.490 e. The first-order chi connectivity index (χ1) is 14.3. The second kappa shape index (κ2) is 6.33. The lowest BCUT2D eigenvalue weighted by atomic mass is 9.76. The van der Waals surface area contributed by atoms with Crippen LogP contribution in [-0.4, -0.2) is 17.8 Å². The molecule has 0 saturated carbocycles. The van der Waals surface area contributed by atoms with Crippen LogP contribution in [0.1, 0.15) is 27.8 Å². The molecule has 0 bridgehead atoms. The third-order valence-electron chi connectivity index (χ3n) is 6.11. The zero-order chi connectivity index (χ0) is 19.4. The first-order valence-electron chi connectivity index (χ1n) is 10.0. The van der Waals surface area contributed by atoms with Crippen LogP contribution in [0, 0.1) is 0 Å². The topological polar surface area (TPSA) is 29.5 Å². The molecule has 0 spiro atoms. The van der Waals surface area contributed by atoms with E-state index in [1.807, 2.05) is 12.1 Å². The molecule has 0 fully saturated rings. The molecule has 1 unspecified atom stereocenters. The Hall–Kier alpha value is -3.36. The summed E-state index contributed by atoms with van der Waals surface area (Å²) in [4.78, 5) is 0. The van der Waals surface area contributed by atoms with Crippen LogP contribution < -0.4 is 4.74 Å². The van der Waals surface area contributed by atoms with Gasteiger partial charge in [-0.2, -0.15) is 0 Å². The van der Waals surface area contributed by atoms with Gasteiger partial charge in [0.25, 0.3) is 0 Å². The van der Waals surface area contributed by atoms with Crippen molar-refractivity contribution in [2.24, 2.45) is 0 Å². The highest BCUT2D eigenvalue weighted by Gasteiger charge is 2.32. The molecule has 0 amide bonds. The molecular formula is C27H20O2. The van der Waals surface area contributed by atoms with Gasteiger partial charge >= 0.3 is 0 Å². The van der Waals surface area contributed by atoms with Gasteiger partial charge in [0.05, 0.1) is 0 Å². The first kappa shape index (κ1) is 16.6. The molecule has 0 radical (unpaired) electrons. The van der Waals surface area contributed by atoms with E-state index in [1.165, 1.54) is 22.3 Å². The maximum Gasteiger partial charge on any atom is 0.127 e. The fourth-order valence-corrected chi connectivity index (χ4v) is 4.84. The molecule has 4 aromatic carbocycles. The normalized spacial score (nSPS) is 17.3. The van der Waals surface area contributed by atoms with Gasteiger partial charge < -0.3 is 9.84 Å². The molecule has 6 rings (SSSR count). The van der Waals surface area contributed by atoms with Crippen LogP contribution in [0.5, 0.6) is 5.75 Å². The lowest BCUT2D eigenvalue weighted by Crippen LogP contribution is -2.26. The van der Waals surface area contributed by atoms with E-state index in [9.17, 15) is 5.11 Å². The molecular weight excluding hydrogens is 356 g/mol. The summed E-state index contributed by atoms with van der Waals surface area (Å²) < 4.78 is 5.96. The Bertz CT molecular complexity index is 1250. The van der Waals surface area contributed by atoms with Crippen LogP contribution in [-0.2, 0) is 6.42 Å². The molecule has 140 valence electrons. The highest BCUT2D eigenvalue weighted by atomic mass is 16.5. The maximum atomic E-state index is 11.2. The van der Waals surface area contributed by atoms with Gasteiger partial charge in [0, 0.05) is 11.1 Å². The molecule has 2 heteroatoms. The molecule has 1 aliphatic carbocycles. The predicted molar refractivity (Wildman–Crippen MR) is 117 cm³/mol. The molecule has 4 aromatic rings. The van der Waals surface area contributed by atoms with E-state index in [0.717, 1.165) is 39.7 Å². The lowest BCUT2D eigenvalue weighted by Gasteiger charge is -2.32. The summed E-state index contributed by atoms with van der Waals surface area (Å²) in [7, 11) is 0. The summed E-state index contributed by atoms with van der Waals surface area (Å²) >= 11 is 0. The van der Waals surface area contributed by atoms with Gasteiger partial charge in [0.15, 0.2) is 0 Å².